The van der Waals surface area contributed by atoms with Crippen LogP contribution in [0.2, 0.25) is 0 Å². The standard InChI is InChI=1S/C32H37NO10/c1-15(2)7-8-18-13-19(9-11-22(18)34)23(35)14-21-25(36)20-10-12-24(16(3)27(20)41-29(21)38)40-30-26(37)28(42-31(33)39)17(4)32(5,6)43-30/h7,9-13,17,26,28,30,34,36-37H,8,14H2,1-6H3,(H2,33,39)/t17-,26+,28+,30?/m1/s1. The summed E-state index contributed by atoms with van der Waals surface area (Å²) in [5.41, 5.74) is 5.46. The first-order valence-corrected chi connectivity index (χ1v) is 13.9. The van der Waals surface area contributed by atoms with Gasteiger partial charge in [-0.15, -0.1) is 0 Å². The van der Waals surface area contributed by atoms with Crippen molar-refractivity contribution in [1.29, 1.82) is 0 Å². The van der Waals surface area contributed by atoms with Crippen LogP contribution in [0.1, 0.15) is 61.7 Å². The fraction of sp³-hybridized carbons (Fsp3) is 0.406. The summed E-state index contributed by atoms with van der Waals surface area (Å²) in [5, 5.41) is 32.3. The Morgan fingerprint density at radius 2 is 1.84 bits per heavy atom. The largest absolute Gasteiger partial charge is 0.508 e. The number of aliphatic hydroxyl groups excluding tert-OH is 1. The van der Waals surface area contributed by atoms with Crippen LogP contribution in [0.5, 0.6) is 17.2 Å². The molecule has 2 aromatic carbocycles. The zero-order chi connectivity index (χ0) is 31.8. The van der Waals surface area contributed by atoms with Gasteiger partial charge in [-0.05, 0) is 76.9 Å². The maximum Gasteiger partial charge on any atom is 0.404 e. The van der Waals surface area contributed by atoms with Crippen LogP contribution >= 0.6 is 0 Å². The van der Waals surface area contributed by atoms with Crippen molar-refractivity contribution in [3.8, 4) is 17.2 Å². The highest BCUT2D eigenvalue weighted by atomic mass is 16.7. The maximum absolute atomic E-state index is 13.1. The highest BCUT2D eigenvalue weighted by Gasteiger charge is 2.50. The second-order valence-electron chi connectivity index (χ2n) is 11.6. The third kappa shape index (κ3) is 6.52. The summed E-state index contributed by atoms with van der Waals surface area (Å²) in [6, 6.07) is 7.41. The summed E-state index contributed by atoms with van der Waals surface area (Å²) >= 11 is 0. The van der Waals surface area contributed by atoms with E-state index in [1.54, 1.807) is 33.8 Å². The van der Waals surface area contributed by atoms with Crippen LogP contribution in [0.25, 0.3) is 11.0 Å². The van der Waals surface area contributed by atoms with Gasteiger partial charge in [0.1, 0.15) is 28.9 Å². The molecule has 1 amide bonds. The summed E-state index contributed by atoms with van der Waals surface area (Å²) < 4.78 is 22.6. The number of aryl methyl sites for hydroxylation is 1. The van der Waals surface area contributed by atoms with E-state index in [-0.39, 0.29) is 33.6 Å². The van der Waals surface area contributed by atoms with Crippen molar-refractivity contribution in [2.75, 3.05) is 0 Å². The lowest BCUT2D eigenvalue weighted by Crippen LogP contribution is -2.61. The average molecular weight is 596 g/mol. The lowest BCUT2D eigenvalue weighted by Gasteiger charge is -2.47. The number of ether oxygens (including phenoxy) is 3. The van der Waals surface area contributed by atoms with Crippen LogP contribution in [0.4, 0.5) is 4.79 Å². The number of ketones is 1. The molecule has 0 radical (unpaired) electrons. The fourth-order valence-corrected chi connectivity index (χ4v) is 5.04. The van der Waals surface area contributed by atoms with Crippen molar-refractivity contribution < 1.29 is 43.5 Å². The number of Topliss-reactive ketones (excluding diaryl/α,β-unsaturated/α-hetero) is 1. The van der Waals surface area contributed by atoms with Crippen LogP contribution in [0.3, 0.4) is 0 Å². The van der Waals surface area contributed by atoms with E-state index < -0.39 is 59.7 Å². The molecule has 1 aliphatic rings. The predicted octanol–water partition coefficient (Wildman–Crippen LogP) is 4.42. The third-order valence-electron chi connectivity index (χ3n) is 7.93. The van der Waals surface area contributed by atoms with Crippen LogP contribution in [0.15, 0.2) is 51.2 Å². The number of phenols is 1. The highest BCUT2D eigenvalue weighted by molar-refractivity contribution is 5.99. The van der Waals surface area contributed by atoms with E-state index in [1.165, 1.54) is 24.3 Å². The molecule has 230 valence electrons. The molecule has 1 saturated heterocycles. The molecule has 1 aromatic heterocycles. The van der Waals surface area contributed by atoms with E-state index >= 15 is 0 Å². The Hall–Kier alpha value is -4.35. The van der Waals surface area contributed by atoms with Crippen molar-refractivity contribution >= 4 is 22.8 Å². The molecule has 0 bridgehead atoms. The zero-order valence-corrected chi connectivity index (χ0v) is 25.0. The molecule has 0 saturated carbocycles. The van der Waals surface area contributed by atoms with Gasteiger partial charge in [0.2, 0.25) is 6.29 Å². The smallest absolute Gasteiger partial charge is 0.404 e. The van der Waals surface area contributed by atoms with Gasteiger partial charge in [0.15, 0.2) is 11.9 Å². The topological polar surface area (TPSA) is 179 Å². The number of rotatable bonds is 8. The summed E-state index contributed by atoms with van der Waals surface area (Å²) in [6.07, 6.45) is -2.78. The van der Waals surface area contributed by atoms with Gasteiger partial charge in [-0.1, -0.05) is 18.6 Å². The molecule has 0 spiro atoms. The number of hydrogen-bond donors (Lipinski definition) is 4. The Kier molecular flexibility index (Phi) is 8.89. The van der Waals surface area contributed by atoms with E-state index in [4.69, 9.17) is 24.4 Å². The number of allylic oxidation sites excluding steroid dienone is 2. The molecule has 0 aliphatic carbocycles. The average Bonchev–Trinajstić information content (AvgIpc) is 2.93. The molecule has 1 aliphatic heterocycles. The number of benzene rings is 2. The van der Waals surface area contributed by atoms with Gasteiger partial charge >= 0.3 is 11.7 Å². The minimum absolute atomic E-state index is 0.0210. The van der Waals surface area contributed by atoms with Gasteiger partial charge in [0.05, 0.1) is 16.6 Å². The molecule has 11 nitrogen and oxygen atoms in total. The van der Waals surface area contributed by atoms with Crippen LogP contribution in [-0.4, -0.2) is 51.3 Å². The summed E-state index contributed by atoms with van der Waals surface area (Å²) in [7, 11) is 0. The number of carbonyl (C=O) groups excluding carboxylic acids is 2. The molecular weight excluding hydrogens is 558 g/mol. The molecule has 1 fully saturated rings. The SMILES string of the molecule is CC(C)=CCc1cc(C(=O)Cc2c(O)c3ccc(OC4OC(C)(C)[C@H](C)[C@H](OC(N)=O)[C@@H]4O)c(C)c3oc2=O)ccc1O. The van der Waals surface area contributed by atoms with Crippen LogP contribution < -0.4 is 16.1 Å². The summed E-state index contributed by atoms with van der Waals surface area (Å²) in [5.74, 6) is -1.04. The number of carbonyl (C=O) groups is 2. The number of fused-ring (bicyclic) bond motifs is 1. The normalized spacial score (nSPS) is 21.3. The molecular formula is C32H37NO10. The number of phenolic OH excluding ortho intramolecular Hbond substituents is 1. The maximum atomic E-state index is 13.1. The summed E-state index contributed by atoms with van der Waals surface area (Å²) in [6.45, 7) is 10.7. The molecule has 4 rings (SSSR count). The number of aliphatic hydroxyl groups is 1. The number of aromatic hydroxyl groups is 2. The van der Waals surface area contributed by atoms with Crippen LogP contribution in [0, 0.1) is 12.8 Å². The molecule has 5 N–H and O–H groups in total. The molecule has 1 unspecified atom stereocenters. The number of primary amides is 1. The van der Waals surface area contributed by atoms with E-state index in [1.807, 2.05) is 19.9 Å². The van der Waals surface area contributed by atoms with Crippen molar-refractivity contribution in [2.24, 2.45) is 11.7 Å². The van der Waals surface area contributed by atoms with Gasteiger partial charge in [-0.25, -0.2) is 9.59 Å². The van der Waals surface area contributed by atoms with Crippen molar-refractivity contribution in [1.82, 2.24) is 0 Å². The van der Waals surface area contributed by atoms with Crippen LogP contribution in [-0.2, 0) is 22.3 Å². The third-order valence-corrected chi connectivity index (χ3v) is 7.93. The number of nitrogens with two attached hydrogens (primary N) is 1. The zero-order valence-electron chi connectivity index (χ0n) is 25.0. The molecule has 4 atom stereocenters. The monoisotopic (exact) mass is 595 g/mol. The van der Waals surface area contributed by atoms with Gasteiger partial charge in [0.25, 0.3) is 0 Å². The predicted molar refractivity (Wildman–Crippen MR) is 157 cm³/mol. The Bertz CT molecular complexity index is 1650. The minimum atomic E-state index is -1.39. The number of hydrogen-bond acceptors (Lipinski definition) is 10. The van der Waals surface area contributed by atoms with E-state index in [9.17, 15) is 29.7 Å². The van der Waals surface area contributed by atoms with Gasteiger partial charge < -0.3 is 39.7 Å². The molecule has 43 heavy (non-hydrogen) atoms. The first kappa shape index (κ1) is 31.6. The quantitative estimate of drug-likeness (QED) is 0.165. The first-order chi connectivity index (χ1) is 20.1. The molecule has 3 aromatic rings. The Morgan fingerprint density at radius 1 is 1.14 bits per heavy atom. The van der Waals surface area contributed by atoms with Crippen molar-refractivity contribution in [2.45, 2.75) is 78.5 Å². The fourth-order valence-electron chi connectivity index (χ4n) is 5.04. The lowest BCUT2D eigenvalue weighted by atomic mass is 9.82. The Labute approximate surface area is 248 Å². The van der Waals surface area contributed by atoms with E-state index in [0.29, 0.717) is 17.5 Å². The minimum Gasteiger partial charge on any atom is -0.508 e. The Balaban J connectivity index is 1.63. The lowest BCUT2D eigenvalue weighted by molar-refractivity contribution is -0.283. The van der Waals surface area contributed by atoms with Gasteiger partial charge in [0, 0.05) is 23.5 Å². The molecule has 11 heteroatoms. The second kappa shape index (κ2) is 12.1. The van der Waals surface area contributed by atoms with E-state index in [2.05, 4.69) is 0 Å². The highest BCUT2D eigenvalue weighted by Crippen LogP contribution is 2.39. The van der Waals surface area contributed by atoms with Gasteiger partial charge in [-0.3, -0.25) is 4.79 Å². The number of amides is 1. The Morgan fingerprint density at radius 3 is 2.49 bits per heavy atom. The van der Waals surface area contributed by atoms with Crippen molar-refractivity contribution in [3.05, 3.63) is 74.7 Å². The summed E-state index contributed by atoms with van der Waals surface area (Å²) in [4.78, 5) is 37.6. The molecule has 2 heterocycles. The van der Waals surface area contributed by atoms with Gasteiger partial charge in [-0.2, -0.15) is 0 Å². The second-order valence-corrected chi connectivity index (χ2v) is 11.6. The van der Waals surface area contributed by atoms with E-state index in [0.717, 1.165) is 5.57 Å². The first-order valence-electron chi connectivity index (χ1n) is 13.9. The van der Waals surface area contributed by atoms with Crippen molar-refractivity contribution in [3.63, 3.8) is 0 Å².